The maximum absolute atomic E-state index is 10.3. The van der Waals surface area contributed by atoms with E-state index in [0.717, 1.165) is 73.0 Å². The van der Waals surface area contributed by atoms with Crippen LogP contribution in [0.2, 0.25) is 0 Å². The van der Waals surface area contributed by atoms with Crippen LogP contribution < -0.4 is 9.80 Å². The molecule has 4 heteroatoms. The number of nitriles is 2. The number of hydrogen-bond acceptors (Lipinski definition) is 4. The Kier molecular flexibility index (Phi) is 10.8. The van der Waals surface area contributed by atoms with Crippen molar-refractivity contribution >= 4 is 22.7 Å². The van der Waals surface area contributed by atoms with Gasteiger partial charge < -0.3 is 9.80 Å². The summed E-state index contributed by atoms with van der Waals surface area (Å²) < 4.78 is 0. The molecule has 4 aliphatic carbocycles. The van der Waals surface area contributed by atoms with Crippen molar-refractivity contribution in [1.82, 2.24) is 0 Å². The van der Waals surface area contributed by atoms with Crippen molar-refractivity contribution in [1.29, 1.82) is 10.5 Å². The third-order valence-corrected chi connectivity index (χ3v) is 13.8. The molecule has 0 aromatic heterocycles. The first kappa shape index (κ1) is 41.9. The van der Waals surface area contributed by atoms with E-state index in [2.05, 4.69) is 240 Å². The van der Waals surface area contributed by atoms with Crippen LogP contribution in [-0.2, 0) is 0 Å². The average Bonchev–Trinajstić information content (AvgIpc) is 3.44. The number of benzene rings is 8. The summed E-state index contributed by atoms with van der Waals surface area (Å²) in [5.74, 6) is -0.0702. The molecule has 0 saturated carbocycles. The van der Waals surface area contributed by atoms with E-state index < -0.39 is 0 Å². The summed E-state index contributed by atoms with van der Waals surface area (Å²) in [6, 6.07) is 76.3. The maximum atomic E-state index is 10.3. The van der Waals surface area contributed by atoms with Gasteiger partial charge in [0.2, 0.25) is 0 Å². The van der Waals surface area contributed by atoms with Crippen LogP contribution in [-0.4, -0.2) is 6.04 Å². The number of hydrogen-bond donors (Lipinski definition) is 0. The Balaban J connectivity index is 1.03. The second-order valence-electron chi connectivity index (χ2n) is 17.9. The van der Waals surface area contributed by atoms with E-state index in [1.165, 1.54) is 27.9 Å². The molecule has 2 atom stereocenters. The van der Waals surface area contributed by atoms with E-state index in [4.69, 9.17) is 0 Å². The second-order valence-corrected chi connectivity index (χ2v) is 17.9. The lowest BCUT2D eigenvalue weighted by molar-refractivity contribution is 0.773. The van der Waals surface area contributed by atoms with Crippen molar-refractivity contribution in [3.05, 3.63) is 300 Å². The fourth-order valence-corrected chi connectivity index (χ4v) is 10.6. The topological polar surface area (TPSA) is 54.1 Å². The van der Waals surface area contributed by atoms with Crippen molar-refractivity contribution < 1.29 is 0 Å². The Morgan fingerprint density at radius 2 is 0.957 bits per heavy atom. The van der Waals surface area contributed by atoms with Gasteiger partial charge in [-0.2, -0.15) is 10.5 Å². The van der Waals surface area contributed by atoms with Gasteiger partial charge in [-0.05, 0) is 128 Å². The Morgan fingerprint density at radius 1 is 0.414 bits per heavy atom. The molecule has 0 saturated heterocycles. The van der Waals surface area contributed by atoms with Gasteiger partial charge in [0.25, 0.3) is 0 Å². The zero-order chi connectivity index (χ0) is 47.0. The molecule has 70 heavy (non-hydrogen) atoms. The third-order valence-electron chi connectivity index (χ3n) is 13.8. The van der Waals surface area contributed by atoms with Gasteiger partial charge >= 0.3 is 0 Å². The standard InChI is InChI=1S/C66H44N4/c67-43-45-15-13-25-55(39-45)69(63-37-31-53(47-17-5-1-6-18-47)41-59(63)49-21-9-3-10-22-49)61-35-29-51-28-34-58-62(36-30-52-27-33-57(61)65(51)66(52)58)70(56-26-14-16-46(40-56)44-68)64-38-32-54(48-19-7-2-8-20-48)42-60(64)50-23-11-4-12-24-50/h1-42,61,66H. The van der Waals surface area contributed by atoms with E-state index in [1.807, 2.05) is 36.4 Å². The summed E-state index contributed by atoms with van der Waals surface area (Å²) in [4.78, 5) is 4.77. The van der Waals surface area contributed by atoms with Crippen LogP contribution in [0.15, 0.2) is 288 Å². The molecular weight excluding hydrogens is 849 g/mol. The number of nitrogens with zero attached hydrogens (tertiary/aromatic N) is 4. The van der Waals surface area contributed by atoms with E-state index in [1.54, 1.807) is 0 Å². The van der Waals surface area contributed by atoms with Crippen LogP contribution in [0.1, 0.15) is 11.1 Å². The molecule has 0 heterocycles. The number of anilines is 4. The number of rotatable bonds is 10. The third kappa shape index (κ3) is 7.51. The molecule has 8 aromatic rings. The van der Waals surface area contributed by atoms with Crippen molar-refractivity contribution in [3.63, 3.8) is 0 Å². The highest BCUT2D eigenvalue weighted by atomic mass is 15.2. The predicted octanol–water partition coefficient (Wildman–Crippen LogP) is 16.2. The van der Waals surface area contributed by atoms with Crippen LogP contribution in [0.5, 0.6) is 0 Å². The largest absolute Gasteiger partial charge is 0.330 e. The van der Waals surface area contributed by atoms with E-state index >= 15 is 0 Å². The van der Waals surface area contributed by atoms with Gasteiger partial charge in [0, 0.05) is 34.1 Å². The van der Waals surface area contributed by atoms with Gasteiger partial charge in [-0.25, -0.2) is 0 Å². The highest BCUT2D eigenvalue weighted by molar-refractivity contribution is 5.91. The minimum atomic E-state index is -0.226. The van der Waals surface area contributed by atoms with Crippen LogP contribution in [0.3, 0.4) is 0 Å². The van der Waals surface area contributed by atoms with Crippen molar-refractivity contribution in [2.45, 2.75) is 6.04 Å². The minimum absolute atomic E-state index is 0.0702. The Morgan fingerprint density at radius 3 is 1.56 bits per heavy atom. The molecule has 0 N–H and O–H groups in total. The molecule has 8 aromatic carbocycles. The summed E-state index contributed by atoms with van der Waals surface area (Å²) >= 11 is 0. The monoisotopic (exact) mass is 892 g/mol. The first-order valence-corrected chi connectivity index (χ1v) is 23.7. The Bertz CT molecular complexity index is 3670. The predicted molar refractivity (Wildman–Crippen MR) is 286 cm³/mol. The molecule has 0 bridgehead atoms. The fraction of sp³-hybridized carbons (Fsp3) is 0.0303. The lowest BCUT2D eigenvalue weighted by atomic mass is 9.67. The first-order valence-electron chi connectivity index (χ1n) is 23.7. The van der Waals surface area contributed by atoms with E-state index in [-0.39, 0.29) is 12.0 Å². The van der Waals surface area contributed by atoms with Crippen LogP contribution in [0.25, 0.3) is 44.5 Å². The second kappa shape index (κ2) is 18.0. The van der Waals surface area contributed by atoms with Crippen molar-refractivity contribution in [3.8, 4) is 56.6 Å². The smallest absolute Gasteiger partial charge is 0.0992 e. The average molecular weight is 893 g/mol. The van der Waals surface area contributed by atoms with Gasteiger partial charge in [0.05, 0.1) is 40.7 Å². The highest BCUT2D eigenvalue weighted by Gasteiger charge is 2.40. The van der Waals surface area contributed by atoms with E-state index in [9.17, 15) is 10.5 Å². The Hall–Kier alpha value is -9.48. The lowest BCUT2D eigenvalue weighted by Gasteiger charge is -2.44. The molecule has 0 fully saturated rings. The summed E-state index contributed by atoms with van der Waals surface area (Å²) in [6.07, 6.45) is 18.3. The molecule has 4 aliphatic rings. The molecule has 4 nitrogen and oxygen atoms in total. The zero-order valence-corrected chi connectivity index (χ0v) is 38.2. The summed E-state index contributed by atoms with van der Waals surface area (Å²) in [5.41, 5.74) is 21.1. The summed E-state index contributed by atoms with van der Waals surface area (Å²) in [7, 11) is 0. The van der Waals surface area contributed by atoms with Gasteiger partial charge in [0.15, 0.2) is 0 Å². The van der Waals surface area contributed by atoms with Gasteiger partial charge in [-0.3, -0.25) is 0 Å². The molecular formula is C66H44N4. The first-order chi connectivity index (χ1) is 34.6. The quantitative estimate of drug-likeness (QED) is 0.137. The van der Waals surface area contributed by atoms with Crippen LogP contribution in [0.4, 0.5) is 22.7 Å². The minimum Gasteiger partial charge on any atom is -0.330 e. The maximum Gasteiger partial charge on any atom is 0.0992 e. The molecule has 0 aliphatic heterocycles. The molecule has 0 radical (unpaired) electrons. The molecule has 328 valence electrons. The van der Waals surface area contributed by atoms with E-state index in [0.29, 0.717) is 11.1 Å². The lowest BCUT2D eigenvalue weighted by Crippen LogP contribution is -2.37. The molecule has 12 rings (SSSR count). The van der Waals surface area contributed by atoms with Crippen LogP contribution >= 0.6 is 0 Å². The zero-order valence-electron chi connectivity index (χ0n) is 38.2. The number of allylic oxidation sites excluding steroid dienone is 10. The molecule has 2 unspecified atom stereocenters. The van der Waals surface area contributed by atoms with Gasteiger partial charge in [-0.15, -0.1) is 0 Å². The summed E-state index contributed by atoms with van der Waals surface area (Å²) in [6.45, 7) is 0. The van der Waals surface area contributed by atoms with Crippen LogP contribution in [0, 0.1) is 28.6 Å². The fourth-order valence-electron chi connectivity index (χ4n) is 10.6. The summed E-state index contributed by atoms with van der Waals surface area (Å²) in [5, 5.41) is 20.5. The van der Waals surface area contributed by atoms with Gasteiger partial charge in [-0.1, -0.05) is 188 Å². The van der Waals surface area contributed by atoms with Crippen molar-refractivity contribution in [2.24, 2.45) is 5.92 Å². The van der Waals surface area contributed by atoms with Gasteiger partial charge in [0.1, 0.15) is 0 Å². The normalized spacial score (nSPS) is 16.1. The van der Waals surface area contributed by atoms with Crippen molar-refractivity contribution in [2.75, 3.05) is 9.80 Å². The highest BCUT2D eigenvalue weighted by Crippen LogP contribution is 2.53. The molecule has 0 amide bonds. The SMILES string of the molecule is N#Cc1cccc(N(C2=C3C=CC4=C5C(=CC=C(C=C2)C35)C(N(c2cccc(C#N)c2)c2ccc(-c3ccccc3)cc2-c2ccccc2)C=C4)c2ccc(-c3ccccc3)cc2-c2ccccc2)c1. The molecule has 0 spiro atoms. The Labute approximate surface area is 409 Å².